The van der Waals surface area contributed by atoms with Crippen LogP contribution in [-0.4, -0.2) is 22.6 Å². The molecular formula is C21H18Br2N2O3. The topological polar surface area (TPSA) is 72.1 Å². The highest BCUT2D eigenvalue weighted by Gasteiger charge is 2.19. The summed E-state index contributed by atoms with van der Waals surface area (Å²) >= 11 is 6.99. The molecule has 0 spiro atoms. The maximum atomic E-state index is 13.2. The minimum absolute atomic E-state index is 0.0996. The average Bonchev–Trinajstić information content (AvgIpc) is 2.64. The highest BCUT2D eigenvalue weighted by Crippen LogP contribution is 2.31. The second kappa shape index (κ2) is 8.84. The number of aromatic nitrogens is 2. The number of rotatable bonds is 6. The molecule has 0 fully saturated rings. The molecule has 7 heteroatoms. The number of benzene rings is 2. The molecule has 0 radical (unpaired) electrons. The quantitative estimate of drug-likeness (QED) is 0.487. The smallest absolute Gasteiger partial charge is 0.264 e. The Morgan fingerprint density at radius 2 is 1.82 bits per heavy atom. The summed E-state index contributed by atoms with van der Waals surface area (Å²) in [6, 6.07) is 12.3. The molecule has 3 rings (SSSR count). The number of H-pyrrole nitrogens is 1. The molecule has 0 amide bonds. The van der Waals surface area contributed by atoms with Crippen LogP contribution in [0.25, 0.3) is 0 Å². The Kier molecular flexibility index (Phi) is 6.46. The summed E-state index contributed by atoms with van der Waals surface area (Å²) in [5.41, 5.74) is 3.42. The number of ketones is 1. The summed E-state index contributed by atoms with van der Waals surface area (Å²) in [6.45, 7) is 4.38. The van der Waals surface area contributed by atoms with E-state index in [1.54, 1.807) is 18.2 Å². The fourth-order valence-corrected chi connectivity index (χ4v) is 4.66. The van der Waals surface area contributed by atoms with E-state index in [1.807, 2.05) is 32.0 Å². The number of halogens is 2. The van der Waals surface area contributed by atoms with Crippen LogP contribution in [0.3, 0.4) is 0 Å². The van der Waals surface area contributed by atoms with Crippen LogP contribution in [0.1, 0.15) is 39.7 Å². The molecule has 0 bridgehead atoms. The molecular weight excluding hydrogens is 488 g/mol. The fraction of sp³-hybridized carbons (Fsp3) is 0.190. The Labute approximate surface area is 179 Å². The van der Waals surface area contributed by atoms with Gasteiger partial charge in [-0.25, -0.2) is 5.10 Å². The Hall–Kier alpha value is -2.25. The average molecular weight is 506 g/mol. The summed E-state index contributed by atoms with van der Waals surface area (Å²) in [6.07, 6.45) is 0.434. The van der Waals surface area contributed by atoms with Crippen molar-refractivity contribution < 1.29 is 9.53 Å². The summed E-state index contributed by atoms with van der Waals surface area (Å²) < 4.78 is 7.18. The molecule has 28 heavy (non-hydrogen) atoms. The van der Waals surface area contributed by atoms with E-state index in [1.165, 1.54) is 6.07 Å². The van der Waals surface area contributed by atoms with E-state index in [9.17, 15) is 9.59 Å². The van der Waals surface area contributed by atoms with Crippen LogP contribution in [0.5, 0.6) is 5.75 Å². The highest BCUT2D eigenvalue weighted by atomic mass is 79.9. The molecule has 0 saturated heterocycles. The van der Waals surface area contributed by atoms with Gasteiger partial charge in [0.25, 0.3) is 5.56 Å². The van der Waals surface area contributed by atoms with Gasteiger partial charge >= 0.3 is 0 Å². The minimum Gasteiger partial charge on any atom is -0.494 e. The van der Waals surface area contributed by atoms with E-state index in [0.29, 0.717) is 35.6 Å². The number of carbonyl (C=O) groups excluding carboxylic acids is 1. The van der Waals surface area contributed by atoms with Gasteiger partial charge in [0.1, 0.15) is 5.75 Å². The van der Waals surface area contributed by atoms with Crippen molar-refractivity contribution in [1.82, 2.24) is 10.2 Å². The van der Waals surface area contributed by atoms with Crippen LogP contribution in [0.15, 0.2) is 56.2 Å². The van der Waals surface area contributed by atoms with E-state index < -0.39 is 0 Å². The van der Waals surface area contributed by atoms with Crippen LogP contribution in [0, 0.1) is 6.92 Å². The maximum Gasteiger partial charge on any atom is 0.264 e. The summed E-state index contributed by atoms with van der Waals surface area (Å²) in [4.78, 5) is 24.4. The van der Waals surface area contributed by atoms with Crippen LogP contribution < -0.4 is 10.3 Å². The normalized spacial score (nSPS) is 10.7. The molecule has 0 aliphatic rings. The van der Waals surface area contributed by atoms with Crippen molar-refractivity contribution in [2.75, 3.05) is 6.61 Å². The van der Waals surface area contributed by atoms with Gasteiger partial charge in [0, 0.05) is 32.6 Å². The van der Waals surface area contributed by atoms with E-state index in [0.717, 1.165) is 20.1 Å². The van der Waals surface area contributed by atoms with Gasteiger partial charge in [-0.2, -0.15) is 5.10 Å². The van der Waals surface area contributed by atoms with Gasteiger partial charge in [-0.05, 0) is 87.7 Å². The third-order valence-electron chi connectivity index (χ3n) is 4.14. The molecule has 3 aromatic rings. The lowest BCUT2D eigenvalue weighted by atomic mass is 9.98. The van der Waals surface area contributed by atoms with Crippen molar-refractivity contribution in [3.8, 4) is 5.75 Å². The van der Waals surface area contributed by atoms with Crippen molar-refractivity contribution in [2.24, 2.45) is 0 Å². The lowest BCUT2D eigenvalue weighted by Crippen LogP contribution is -2.09. The molecule has 2 aromatic carbocycles. The van der Waals surface area contributed by atoms with E-state index >= 15 is 0 Å². The number of hydrogen-bond donors (Lipinski definition) is 1. The third-order valence-corrected chi connectivity index (χ3v) is 5.40. The van der Waals surface area contributed by atoms with Crippen molar-refractivity contribution in [2.45, 2.75) is 20.3 Å². The van der Waals surface area contributed by atoms with Crippen molar-refractivity contribution in [3.05, 3.63) is 89.7 Å². The number of hydrogen-bond acceptors (Lipinski definition) is 4. The molecule has 0 saturated carbocycles. The third kappa shape index (κ3) is 4.59. The van der Waals surface area contributed by atoms with Gasteiger partial charge in [-0.1, -0.05) is 0 Å². The van der Waals surface area contributed by atoms with Crippen molar-refractivity contribution >= 4 is 37.6 Å². The minimum atomic E-state index is -0.258. The maximum absolute atomic E-state index is 13.2. The standard InChI is InChI=1S/C21H18Br2N2O3/c1-3-28-18-6-4-13(10-14(18)11-15-5-7-19(26)25-24-15)21(27)20-16(22)8-12(2)9-17(20)23/h4-10H,3,11H2,1-2H3,(H,25,26). The lowest BCUT2D eigenvalue weighted by molar-refractivity contribution is 0.103. The predicted octanol–water partition coefficient (Wildman–Crippen LogP) is 4.82. The molecule has 1 N–H and O–H groups in total. The van der Waals surface area contributed by atoms with Crippen molar-refractivity contribution in [3.63, 3.8) is 0 Å². The zero-order valence-corrected chi connectivity index (χ0v) is 18.6. The lowest BCUT2D eigenvalue weighted by Gasteiger charge is -2.13. The number of nitrogens with zero attached hydrogens (tertiary/aromatic N) is 1. The SMILES string of the molecule is CCOc1ccc(C(=O)c2c(Br)cc(C)cc2Br)cc1Cc1ccc(=O)[nH]n1. The highest BCUT2D eigenvalue weighted by molar-refractivity contribution is 9.11. The first-order chi connectivity index (χ1) is 13.4. The van der Waals surface area contributed by atoms with Crippen LogP contribution >= 0.6 is 31.9 Å². The van der Waals surface area contributed by atoms with E-state index in [-0.39, 0.29) is 11.3 Å². The largest absolute Gasteiger partial charge is 0.494 e. The Morgan fingerprint density at radius 3 is 2.43 bits per heavy atom. The van der Waals surface area contributed by atoms with Crippen LogP contribution in [-0.2, 0) is 6.42 Å². The van der Waals surface area contributed by atoms with Gasteiger partial charge in [0.15, 0.2) is 5.78 Å². The second-order valence-electron chi connectivity index (χ2n) is 6.28. The van der Waals surface area contributed by atoms with Gasteiger partial charge in [0.2, 0.25) is 0 Å². The van der Waals surface area contributed by atoms with Crippen LogP contribution in [0.2, 0.25) is 0 Å². The number of aromatic amines is 1. The second-order valence-corrected chi connectivity index (χ2v) is 7.99. The molecule has 1 heterocycles. The van der Waals surface area contributed by atoms with Gasteiger partial charge in [-0.15, -0.1) is 0 Å². The number of aryl methyl sites for hydroxylation is 1. The van der Waals surface area contributed by atoms with E-state index in [4.69, 9.17) is 4.74 Å². The molecule has 0 aliphatic heterocycles. The van der Waals surface area contributed by atoms with Gasteiger partial charge < -0.3 is 4.74 Å². The van der Waals surface area contributed by atoms with Crippen molar-refractivity contribution in [1.29, 1.82) is 0 Å². The summed E-state index contributed by atoms with van der Waals surface area (Å²) in [5.74, 6) is 0.589. The van der Waals surface area contributed by atoms with E-state index in [2.05, 4.69) is 42.1 Å². The fourth-order valence-electron chi connectivity index (χ4n) is 2.88. The summed E-state index contributed by atoms with van der Waals surface area (Å²) in [7, 11) is 0. The zero-order chi connectivity index (χ0) is 20.3. The number of ether oxygens (including phenoxy) is 1. The van der Waals surface area contributed by atoms with Gasteiger partial charge in [0.05, 0.1) is 17.9 Å². The van der Waals surface area contributed by atoms with Crippen LogP contribution in [0.4, 0.5) is 0 Å². The number of nitrogens with one attached hydrogen (secondary N) is 1. The molecule has 0 aliphatic carbocycles. The molecule has 0 unspecified atom stereocenters. The number of carbonyl (C=O) groups is 1. The molecule has 144 valence electrons. The Morgan fingerprint density at radius 1 is 1.11 bits per heavy atom. The molecule has 1 aromatic heterocycles. The first-order valence-corrected chi connectivity index (χ1v) is 10.3. The summed E-state index contributed by atoms with van der Waals surface area (Å²) in [5, 5.41) is 6.48. The molecule has 5 nitrogen and oxygen atoms in total. The zero-order valence-electron chi connectivity index (χ0n) is 15.4. The molecule has 0 atom stereocenters. The first kappa shape index (κ1) is 20.5. The van der Waals surface area contributed by atoms with Gasteiger partial charge in [-0.3, -0.25) is 9.59 Å². The first-order valence-electron chi connectivity index (χ1n) is 8.69. The predicted molar refractivity (Wildman–Crippen MR) is 115 cm³/mol. The Bertz CT molecular complexity index is 1050. The Balaban J connectivity index is 2.02. The monoisotopic (exact) mass is 504 g/mol.